The van der Waals surface area contributed by atoms with Gasteiger partial charge in [-0.05, 0) is 72.3 Å². The van der Waals surface area contributed by atoms with Gasteiger partial charge in [-0.15, -0.1) is 0 Å². The Morgan fingerprint density at radius 3 is 2.55 bits per heavy atom. The van der Waals surface area contributed by atoms with Crippen molar-refractivity contribution < 1.29 is 28.0 Å². The number of allylic oxidation sites excluding steroid dienone is 2. The van der Waals surface area contributed by atoms with Crippen LogP contribution in [0.5, 0.6) is 11.5 Å². The van der Waals surface area contributed by atoms with Crippen molar-refractivity contribution >= 4 is 33.1 Å². The molecular weight excluding hydrogens is 588 g/mol. The van der Waals surface area contributed by atoms with Gasteiger partial charge in [-0.25, -0.2) is 8.78 Å². The van der Waals surface area contributed by atoms with E-state index in [1.54, 1.807) is 26.0 Å². The number of Topliss-reactive ketones (excluding diaryl/α,β-unsaturated/α-hetero) is 1. The van der Waals surface area contributed by atoms with Crippen LogP contribution in [-0.4, -0.2) is 23.0 Å². The van der Waals surface area contributed by atoms with Gasteiger partial charge in [0.2, 0.25) is 0 Å². The maximum atomic E-state index is 13.9. The van der Waals surface area contributed by atoms with Crippen molar-refractivity contribution in [3.63, 3.8) is 0 Å². The maximum absolute atomic E-state index is 13.9. The number of nitriles is 1. The lowest BCUT2D eigenvalue weighted by Gasteiger charge is -2.35. The van der Waals surface area contributed by atoms with Gasteiger partial charge >= 0.3 is 0 Å². The summed E-state index contributed by atoms with van der Waals surface area (Å²) in [7, 11) is 0. The van der Waals surface area contributed by atoms with Crippen molar-refractivity contribution in [3.05, 3.63) is 72.9 Å². The smallest absolute Gasteiger partial charge is 0.279 e. The Balaban J connectivity index is 1.75. The normalized spacial score (nSPS) is 20.5. The zero-order chi connectivity index (χ0) is 29.1. The number of ether oxygens (including phenoxy) is 2. The van der Waals surface area contributed by atoms with Crippen molar-refractivity contribution in [2.24, 2.45) is 16.8 Å². The van der Waals surface area contributed by atoms with Crippen LogP contribution in [0.3, 0.4) is 0 Å². The van der Waals surface area contributed by atoms with Crippen LogP contribution in [0.15, 0.2) is 45.0 Å². The van der Waals surface area contributed by atoms with Gasteiger partial charge < -0.3 is 9.47 Å². The molecule has 0 fully saturated rings. The number of benzene rings is 2. The summed E-state index contributed by atoms with van der Waals surface area (Å²) in [6.07, 6.45) is 2.97. The molecule has 1 heterocycles. The summed E-state index contributed by atoms with van der Waals surface area (Å²) in [5.41, 5.74) is 1.78. The zero-order valence-corrected chi connectivity index (χ0v) is 23.9. The minimum atomic E-state index is -1.33. The van der Waals surface area contributed by atoms with Crippen LogP contribution in [0.25, 0.3) is 0 Å². The zero-order valence-electron chi connectivity index (χ0n) is 22.3. The SMILES string of the molecule is CCC[C@@H]1CC(=O)C2=C(C1)N=C(C)C(C#N)[C@H]2c1cc(Br)c(OCc2cc(F)c(F)cc2[N+](=O)[O-])c(OCC)c1. The monoisotopic (exact) mass is 615 g/mol. The Bertz CT molecular complexity index is 1470. The Hall–Kier alpha value is -3.65. The standard InChI is InChI=1S/C29H28BrF2N3O5/c1-4-6-16-7-23-28(25(36)8-16)27(19(13-33)15(3)34-23)17-9-20(30)29(26(11-17)39-5-2)40-14-18-10-21(31)22(32)12-24(18)35(37)38/h9-12,16,19,27H,4-8,14H2,1-3H3/t16-,19?,27+/m0/s1. The molecule has 40 heavy (non-hydrogen) atoms. The first-order chi connectivity index (χ1) is 19.1. The van der Waals surface area contributed by atoms with E-state index in [1.807, 2.05) is 0 Å². The molecule has 2 aliphatic rings. The molecule has 1 aliphatic carbocycles. The quantitative estimate of drug-likeness (QED) is 0.215. The number of nitrogens with zero attached hydrogens (tertiary/aromatic N) is 3. The lowest BCUT2D eigenvalue weighted by molar-refractivity contribution is -0.386. The van der Waals surface area contributed by atoms with Crippen LogP contribution >= 0.6 is 15.9 Å². The van der Waals surface area contributed by atoms with E-state index in [1.165, 1.54) is 0 Å². The molecule has 1 aliphatic heterocycles. The summed E-state index contributed by atoms with van der Waals surface area (Å²) in [6, 6.07) is 6.97. The maximum Gasteiger partial charge on any atom is 0.279 e. The first kappa shape index (κ1) is 29.3. The Morgan fingerprint density at radius 2 is 1.90 bits per heavy atom. The number of hydrogen-bond acceptors (Lipinski definition) is 7. The third kappa shape index (κ3) is 5.77. The molecule has 1 unspecified atom stereocenters. The number of carbonyl (C=O) groups excluding carboxylic acids is 1. The van der Waals surface area contributed by atoms with Crippen molar-refractivity contribution in [2.45, 2.75) is 59.0 Å². The van der Waals surface area contributed by atoms with Gasteiger partial charge in [-0.1, -0.05) is 13.3 Å². The molecule has 0 amide bonds. The molecule has 0 bridgehead atoms. The fourth-order valence-electron chi connectivity index (χ4n) is 5.46. The molecule has 2 aromatic rings. The second-order valence-corrected chi connectivity index (χ2v) is 10.7. The van der Waals surface area contributed by atoms with Crippen LogP contribution in [-0.2, 0) is 11.4 Å². The minimum absolute atomic E-state index is 0.0127. The molecule has 11 heteroatoms. The average Bonchev–Trinajstić information content (AvgIpc) is 2.89. The fourth-order valence-corrected chi connectivity index (χ4v) is 6.03. The van der Waals surface area contributed by atoms with E-state index in [4.69, 9.17) is 9.47 Å². The number of aliphatic imine (C=N–C) groups is 1. The molecule has 0 saturated carbocycles. The number of carbonyl (C=O) groups is 1. The molecule has 8 nitrogen and oxygen atoms in total. The summed E-state index contributed by atoms with van der Waals surface area (Å²) < 4.78 is 39.6. The molecular formula is C29H28BrF2N3O5. The Kier molecular flexibility index (Phi) is 8.98. The van der Waals surface area contributed by atoms with E-state index < -0.39 is 40.7 Å². The summed E-state index contributed by atoms with van der Waals surface area (Å²) >= 11 is 3.48. The van der Waals surface area contributed by atoms with Crippen molar-refractivity contribution in [3.8, 4) is 17.6 Å². The highest BCUT2D eigenvalue weighted by Gasteiger charge is 2.41. The predicted octanol–water partition coefficient (Wildman–Crippen LogP) is 7.34. The summed E-state index contributed by atoms with van der Waals surface area (Å²) in [5, 5.41) is 21.5. The first-order valence-corrected chi connectivity index (χ1v) is 13.8. The second-order valence-electron chi connectivity index (χ2n) is 9.89. The predicted molar refractivity (Wildman–Crippen MR) is 147 cm³/mol. The largest absolute Gasteiger partial charge is 0.490 e. The number of rotatable bonds is 9. The van der Waals surface area contributed by atoms with Crippen LogP contribution in [0.1, 0.15) is 63.5 Å². The third-order valence-corrected chi connectivity index (χ3v) is 7.78. The first-order valence-electron chi connectivity index (χ1n) is 13.0. The van der Waals surface area contributed by atoms with Crippen molar-refractivity contribution in [1.29, 1.82) is 5.26 Å². The highest BCUT2D eigenvalue weighted by atomic mass is 79.9. The van der Waals surface area contributed by atoms with Gasteiger partial charge in [0.25, 0.3) is 5.69 Å². The van der Waals surface area contributed by atoms with Crippen molar-refractivity contribution in [1.82, 2.24) is 0 Å². The van der Waals surface area contributed by atoms with E-state index in [2.05, 4.69) is 33.9 Å². The van der Waals surface area contributed by atoms with Gasteiger partial charge in [0.05, 0.1) is 39.6 Å². The fraction of sp³-hybridized carbons (Fsp3) is 0.414. The topological polar surface area (TPSA) is 115 Å². The minimum Gasteiger partial charge on any atom is -0.490 e. The highest BCUT2D eigenvalue weighted by molar-refractivity contribution is 9.10. The lowest BCUT2D eigenvalue weighted by Crippen LogP contribution is -2.32. The average molecular weight is 616 g/mol. The van der Waals surface area contributed by atoms with Gasteiger partial charge in [-0.3, -0.25) is 19.9 Å². The van der Waals surface area contributed by atoms with E-state index >= 15 is 0 Å². The Morgan fingerprint density at radius 1 is 1.18 bits per heavy atom. The number of halogens is 3. The highest BCUT2D eigenvalue weighted by Crippen LogP contribution is 2.48. The molecule has 0 aromatic heterocycles. The van der Waals surface area contributed by atoms with Gasteiger partial charge in [-0.2, -0.15) is 5.26 Å². The molecule has 0 spiro atoms. The molecule has 210 valence electrons. The Labute approximate surface area is 239 Å². The number of hydrogen-bond donors (Lipinski definition) is 0. The lowest BCUT2D eigenvalue weighted by atomic mass is 9.70. The van der Waals surface area contributed by atoms with Gasteiger partial charge in [0.1, 0.15) is 6.61 Å². The van der Waals surface area contributed by atoms with Crippen LogP contribution < -0.4 is 9.47 Å². The molecule has 0 saturated heterocycles. The van der Waals surface area contributed by atoms with Gasteiger partial charge in [0, 0.05) is 29.3 Å². The van der Waals surface area contributed by atoms with Crippen LogP contribution in [0.4, 0.5) is 14.5 Å². The van der Waals surface area contributed by atoms with E-state index in [0.29, 0.717) is 40.2 Å². The van der Waals surface area contributed by atoms with E-state index in [-0.39, 0.29) is 35.4 Å². The summed E-state index contributed by atoms with van der Waals surface area (Å²) in [5.74, 6) is -3.14. The molecule has 4 rings (SSSR count). The van der Waals surface area contributed by atoms with Gasteiger partial charge in [0.15, 0.2) is 28.9 Å². The molecule has 0 radical (unpaired) electrons. The molecule has 2 aromatic carbocycles. The van der Waals surface area contributed by atoms with E-state index in [9.17, 15) is 29.0 Å². The van der Waals surface area contributed by atoms with Crippen LogP contribution in [0.2, 0.25) is 0 Å². The van der Waals surface area contributed by atoms with Crippen molar-refractivity contribution in [2.75, 3.05) is 6.61 Å². The number of nitro groups is 1. The van der Waals surface area contributed by atoms with Crippen LogP contribution in [0, 0.1) is 44.9 Å². The second kappa shape index (κ2) is 12.3. The van der Waals surface area contributed by atoms with E-state index in [0.717, 1.165) is 24.6 Å². The summed E-state index contributed by atoms with van der Waals surface area (Å²) in [6.45, 7) is 5.45. The number of ketones is 1. The third-order valence-electron chi connectivity index (χ3n) is 7.19. The summed E-state index contributed by atoms with van der Waals surface area (Å²) in [4.78, 5) is 28.7. The number of nitro benzene ring substituents is 1. The molecule has 3 atom stereocenters. The molecule has 0 N–H and O–H groups in total.